The van der Waals surface area contributed by atoms with Gasteiger partial charge in [-0.05, 0) is 44.5 Å². The maximum atomic E-state index is 11.9. The molecule has 8 heteroatoms. The molecule has 1 saturated heterocycles. The zero-order valence-corrected chi connectivity index (χ0v) is 17.8. The molecular formula is C20H23ClN4O2S. The molecule has 0 unspecified atom stereocenters. The number of hydrogen-bond donors (Lipinski definition) is 0. The molecule has 4 rings (SSSR count). The van der Waals surface area contributed by atoms with Crippen molar-refractivity contribution in [1.82, 2.24) is 14.8 Å². The maximum absolute atomic E-state index is 11.9. The van der Waals surface area contributed by atoms with Gasteiger partial charge in [0.05, 0.1) is 28.8 Å². The fourth-order valence-corrected chi connectivity index (χ4v) is 5.87. The van der Waals surface area contributed by atoms with E-state index in [1.165, 1.54) is 0 Å². The molecule has 3 heterocycles. The summed E-state index contributed by atoms with van der Waals surface area (Å²) in [5, 5.41) is 6.38. The van der Waals surface area contributed by atoms with Crippen LogP contribution in [0.25, 0.3) is 10.9 Å². The van der Waals surface area contributed by atoms with Crippen molar-refractivity contribution in [3.05, 3.63) is 52.4 Å². The molecule has 1 aromatic carbocycles. The number of nitrogens with zero attached hydrogens (tertiary/aromatic N) is 4. The lowest BCUT2D eigenvalue weighted by atomic mass is 10.1. The first-order valence-corrected chi connectivity index (χ1v) is 11.5. The number of fused-ring (bicyclic) bond motifs is 1. The van der Waals surface area contributed by atoms with Crippen LogP contribution in [0.2, 0.25) is 5.02 Å². The maximum Gasteiger partial charge on any atom is 0.152 e. The van der Waals surface area contributed by atoms with Crippen molar-refractivity contribution in [2.45, 2.75) is 32.9 Å². The van der Waals surface area contributed by atoms with Crippen molar-refractivity contribution in [1.29, 1.82) is 0 Å². The van der Waals surface area contributed by atoms with Gasteiger partial charge in [0.1, 0.15) is 0 Å². The first kappa shape index (κ1) is 19.2. The van der Waals surface area contributed by atoms with E-state index in [0.29, 0.717) is 18.0 Å². The number of aryl methyl sites for hydroxylation is 1. The molecule has 0 N–H and O–H groups in total. The molecule has 148 valence electrons. The summed E-state index contributed by atoms with van der Waals surface area (Å²) in [7, 11) is -0.906. The van der Waals surface area contributed by atoms with E-state index >= 15 is 0 Å². The van der Waals surface area contributed by atoms with Crippen molar-refractivity contribution < 1.29 is 8.42 Å². The summed E-state index contributed by atoms with van der Waals surface area (Å²) in [6.45, 7) is 4.69. The van der Waals surface area contributed by atoms with E-state index in [0.717, 1.165) is 33.5 Å². The van der Waals surface area contributed by atoms with Crippen LogP contribution in [-0.2, 0) is 16.4 Å². The SMILES string of the molecule is Cc1nn([C@@H]2CCS(=O)(=O)C2)c(C)c1CN(C)c1ccnc2cc(Cl)ccc12. The second-order valence-corrected chi connectivity index (χ2v) is 10.2. The number of aromatic nitrogens is 3. The summed E-state index contributed by atoms with van der Waals surface area (Å²) in [5.74, 6) is 0.427. The highest BCUT2D eigenvalue weighted by molar-refractivity contribution is 7.91. The van der Waals surface area contributed by atoms with Gasteiger partial charge in [-0.15, -0.1) is 0 Å². The summed E-state index contributed by atoms with van der Waals surface area (Å²) in [6, 6.07) is 7.66. The van der Waals surface area contributed by atoms with Gasteiger partial charge < -0.3 is 4.90 Å². The van der Waals surface area contributed by atoms with E-state index in [4.69, 9.17) is 11.6 Å². The minimum Gasteiger partial charge on any atom is -0.370 e. The van der Waals surface area contributed by atoms with Crippen LogP contribution in [0.1, 0.15) is 29.4 Å². The highest BCUT2D eigenvalue weighted by atomic mass is 35.5. The molecule has 0 radical (unpaired) electrons. The van der Waals surface area contributed by atoms with E-state index in [1.807, 2.05) is 49.8 Å². The number of halogens is 1. The van der Waals surface area contributed by atoms with Crippen LogP contribution in [0.15, 0.2) is 30.5 Å². The average molecular weight is 419 g/mol. The average Bonchev–Trinajstić information content (AvgIpc) is 3.14. The van der Waals surface area contributed by atoms with Crippen LogP contribution in [0.3, 0.4) is 0 Å². The Balaban J connectivity index is 1.65. The van der Waals surface area contributed by atoms with Gasteiger partial charge in [-0.1, -0.05) is 11.6 Å². The van der Waals surface area contributed by atoms with E-state index < -0.39 is 9.84 Å². The largest absolute Gasteiger partial charge is 0.370 e. The Morgan fingerprint density at radius 2 is 2.07 bits per heavy atom. The molecule has 1 fully saturated rings. The molecule has 1 aliphatic heterocycles. The summed E-state index contributed by atoms with van der Waals surface area (Å²) in [6.07, 6.45) is 2.42. The lowest BCUT2D eigenvalue weighted by molar-refractivity contribution is 0.485. The molecule has 0 spiro atoms. The normalized spacial score (nSPS) is 18.6. The van der Waals surface area contributed by atoms with Crippen LogP contribution in [0.4, 0.5) is 5.69 Å². The van der Waals surface area contributed by atoms with Gasteiger partial charge in [0, 0.05) is 47.1 Å². The Morgan fingerprint density at radius 3 is 2.79 bits per heavy atom. The van der Waals surface area contributed by atoms with Gasteiger partial charge in [0.15, 0.2) is 9.84 Å². The number of anilines is 1. The third kappa shape index (κ3) is 3.49. The molecule has 0 amide bonds. The fraction of sp³-hybridized carbons (Fsp3) is 0.400. The lowest BCUT2D eigenvalue weighted by Crippen LogP contribution is -2.18. The van der Waals surface area contributed by atoms with Gasteiger partial charge in [-0.3, -0.25) is 9.67 Å². The Bertz CT molecular complexity index is 1160. The number of pyridine rings is 1. The molecule has 1 atom stereocenters. The quantitative estimate of drug-likeness (QED) is 0.646. The molecule has 1 aliphatic rings. The summed E-state index contributed by atoms with van der Waals surface area (Å²) in [5.41, 5.74) is 5.03. The van der Waals surface area contributed by atoms with Gasteiger partial charge in [-0.25, -0.2) is 8.42 Å². The van der Waals surface area contributed by atoms with Crippen molar-refractivity contribution in [3.8, 4) is 0 Å². The topological polar surface area (TPSA) is 68.1 Å². The molecule has 6 nitrogen and oxygen atoms in total. The second kappa shape index (κ2) is 7.04. The summed E-state index contributed by atoms with van der Waals surface area (Å²) >= 11 is 6.10. The lowest BCUT2D eigenvalue weighted by Gasteiger charge is -2.21. The monoisotopic (exact) mass is 418 g/mol. The van der Waals surface area contributed by atoms with Crippen LogP contribution < -0.4 is 4.90 Å². The molecule has 3 aromatic rings. The Kier molecular flexibility index (Phi) is 4.83. The smallest absolute Gasteiger partial charge is 0.152 e. The predicted octanol–water partition coefficient (Wildman–Crippen LogP) is 3.70. The third-order valence-corrected chi connectivity index (χ3v) is 7.50. The Labute approximate surface area is 170 Å². The van der Waals surface area contributed by atoms with Gasteiger partial charge in [-0.2, -0.15) is 5.10 Å². The highest BCUT2D eigenvalue weighted by Gasteiger charge is 2.31. The van der Waals surface area contributed by atoms with Crippen molar-refractivity contribution >= 4 is 38.0 Å². The predicted molar refractivity (Wildman–Crippen MR) is 113 cm³/mol. The standard InChI is InChI=1S/C20H23ClN4O2S/c1-13-18(14(2)25(23-13)16-7-9-28(26,27)12-16)11-24(3)20-6-8-22-19-10-15(21)4-5-17(19)20/h4-6,8,10,16H,7,9,11-12H2,1-3H3/t16-/m1/s1. The molecule has 0 bridgehead atoms. The number of benzene rings is 1. The van der Waals surface area contributed by atoms with E-state index in [2.05, 4.69) is 15.0 Å². The van der Waals surface area contributed by atoms with Gasteiger partial charge in [0.25, 0.3) is 0 Å². The van der Waals surface area contributed by atoms with E-state index in [-0.39, 0.29) is 17.5 Å². The minimum absolute atomic E-state index is 0.0633. The zero-order valence-electron chi connectivity index (χ0n) is 16.2. The van der Waals surface area contributed by atoms with Gasteiger partial charge in [0.2, 0.25) is 0 Å². The fourth-order valence-electron chi connectivity index (χ4n) is 4.01. The molecule has 0 aliphatic carbocycles. The van der Waals surface area contributed by atoms with Crippen LogP contribution >= 0.6 is 11.6 Å². The molecule has 2 aromatic heterocycles. The molecule has 0 saturated carbocycles. The summed E-state index contributed by atoms with van der Waals surface area (Å²) in [4.78, 5) is 6.58. The second-order valence-electron chi connectivity index (χ2n) is 7.50. The first-order valence-electron chi connectivity index (χ1n) is 9.25. The van der Waals surface area contributed by atoms with Crippen molar-refractivity contribution in [3.63, 3.8) is 0 Å². The Hall–Kier alpha value is -2.12. The summed E-state index contributed by atoms with van der Waals surface area (Å²) < 4.78 is 25.6. The molecule has 28 heavy (non-hydrogen) atoms. The molecular weight excluding hydrogens is 396 g/mol. The number of rotatable bonds is 4. The Morgan fingerprint density at radius 1 is 1.29 bits per heavy atom. The van der Waals surface area contributed by atoms with Gasteiger partial charge >= 0.3 is 0 Å². The number of sulfone groups is 1. The van der Waals surface area contributed by atoms with Crippen LogP contribution in [0.5, 0.6) is 0 Å². The number of hydrogen-bond acceptors (Lipinski definition) is 5. The third-order valence-electron chi connectivity index (χ3n) is 5.52. The highest BCUT2D eigenvalue weighted by Crippen LogP contribution is 2.30. The van der Waals surface area contributed by atoms with Crippen LogP contribution in [-0.4, -0.2) is 41.7 Å². The van der Waals surface area contributed by atoms with Crippen molar-refractivity contribution in [2.24, 2.45) is 0 Å². The van der Waals surface area contributed by atoms with E-state index in [9.17, 15) is 8.42 Å². The minimum atomic E-state index is -2.95. The first-order chi connectivity index (χ1) is 13.2. The van der Waals surface area contributed by atoms with Crippen LogP contribution in [0, 0.1) is 13.8 Å². The van der Waals surface area contributed by atoms with Crippen molar-refractivity contribution in [2.75, 3.05) is 23.5 Å². The zero-order chi connectivity index (χ0) is 20.1. The van der Waals surface area contributed by atoms with E-state index in [1.54, 1.807) is 6.20 Å².